The maximum atomic E-state index is 12.7. The molecule has 0 aliphatic carbocycles. The van der Waals surface area contributed by atoms with E-state index in [9.17, 15) is 26.4 Å². The molecule has 1 amide bonds. The molecule has 174 valence electrons. The summed E-state index contributed by atoms with van der Waals surface area (Å²) in [6.45, 7) is 0. The number of carbonyl (C=O) groups excluding carboxylic acids is 1. The van der Waals surface area contributed by atoms with Crippen molar-refractivity contribution in [1.29, 1.82) is 0 Å². The third-order valence-corrected chi connectivity index (χ3v) is 6.52. The van der Waals surface area contributed by atoms with Crippen LogP contribution in [0.3, 0.4) is 0 Å². The molecule has 0 saturated heterocycles. The molecule has 3 aromatic rings. The number of rotatable bonds is 6. The molecule has 6 nitrogen and oxygen atoms in total. The minimum atomic E-state index is -4.48. The van der Waals surface area contributed by atoms with Gasteiger partial charge in [-0.1, -0.05) is 29.8 Å². The highest BCUT2D eigenvalue weighted by Crippen LogP contribution is 2.38. The van der Waals surface area contributed by atoms with E-state index in [0.717, 1.165) is 18.2 Å². The average Bonchev–Trinajstić information content (AvgIpc) is 2.69. The van der Waals surface area contributed by atoms with Crippen LogP contribution in [0, 0.1) is 0 Å². The molecule has 0 aliphatic heterocycles. The van der Waals surface area contributed by atoms with Gasteiger partial charge in [0.25, 0.3) is 0 Å². The molecule has 0 aromatic heterocycles. The maximum Gasteiger partial charge on any atom is 0.416 e. The minimum Gasteiger partial charge on any atom is -0.456 e. The number of primary sulfonamides is 1. The zero-order valence-corrected chi connectivity index (χ0v) is 19.6. The van der Waals surface area contributed by atoms with Gasteiger partial charge in [-0.2, -0.15) is 13.2 Å². The minimum absolute atomic E-state index is 0.0331. The Kier molecular flexibility index (Phi) is 7.37. The molecule has 0 heterocycles. The van der Waals surface area contributed by atoms with Crippen LogP contribution in [0.4, 0.5) is 18.9 Å². The van der Waals surface area contributed by atoms with E-state index in [1.807, 2.05) is 0 Å². The molecule has 12 heteroatoms. The van der Waals surface area contributed by atoms with Gasteiger partial charge in [-0.15, -0.1) is 0 Å². The van der Waals surface area contributed by atoms with Crippen LogP contribution in [0.1, 0.15) is 11.1 Å². The van der Waals surface area contributed by atoms with E-state index in [-0.39, 0.29) is 27.2 Å². The zero-order chi connectivity index (χ0) is 24.4. The summed E-state index contributed by atoms with van der Waals surface area (Å²) >= 11 is 9.09. The van der Waals surface area contributed by atoms with Crippen molar-refractivity contribution in [2.45, 2.75) is 17.5 Å². The first-order valence-electron chi connectivity index (χ1n) is 9.08. The number of hydrogen-bond donors (Lipinski definition) is 2. The Labute approximate surface area is 200 Å². The number of anilines is 1. The van der Waals surface area contributed by atoms with Crippen LogP contribution in [0.25, 0.3) is 0 Å². The van der Waals surface area contributed by atoms with E-state index in [2.05, 4.69) is 21.2 Å². The lowest BCUT2D eigenvalue weighted by molar-refractivity contribution is -0.137. The van der Waals surface area contributed by atoms with Crippen LogP contribution in [0.5, 0.6) is 11.5 Å². The van der Waals surface area contributed by atoms with Crippen molar-refractivity contribution in [3.05, 3.63) is 81.3 Å². The predicted molar refractivity (Wildman–Crippen MR) is 121 cm³/mol. The Morgan fingerprint density at radius 3 is 2.33 bits per heavy atom. The first-order valence-corrected chi connectivity index (χ1v) is 11.8. The van der Waals surface area contributed by atoms with Gasteiger partial charge in [-0.25, -0.2) is 13.6 Å². The number of carbonyl (C=O) groups is 1. The number of halogens is 5. The number of nitrogens with two attached hydrogens (primary N) is 1. The first-order chi connectivity index (χ1) is 15.3. The summed E-state index contributed by atoms with van der Waals surface area (Å²) < 4.78 is 67.8. The molecule has 0 saturated carbocycles. The van der Waals surface area contributed by atoms with E-state index in [0.29, 0.717) is 16.3 Å². The number of alkyl halides is 3. The van der Waals surface area contributed by atoms with Gasteiger partial charge in [0.2, 0.25) is 15.9 Å². The van der Waals surface area contributed by atoms with Gasteiger partial charge >= 0.3 is 6.18 Å². The summed E-state index contributed by atoms with van der Waals surface area (Å²) in [5.74, 6) is -0.253. The fourth-order valence-corrected chi connectivity index (χ4v) is 4.59. The molecule has 33 heavy (non-hydrogen) atoms. The van der Waals surface area contributed by atoms with E-state index < -0.39 is 27.7 Å². The summed E-state index contributed by atoms with van der Waals surface area (Å²) in [6, 6.07) is 13.0. The van der Waals surface area contributed by atoms with Crippen LogP contribution in [-0.2, 0) is 27.4 Å². The van der Waals surface area contributed by atoms with E-state index in [1.165, 1.54) is 24.3 Å². The molecule has 0 radical (unpaired) electrons. The van der Waals surface area contributed by atoms with Crippen molar-refractivity contribution in [2.75, 3.05) is 5.32 Å². The number of sulfonamides is 1. The van der Waals surface area contributed by atoms with Crippen molar-refractivity contribution in [3.8, 4) is 11.5 Å². The smallest absolute Gasteiger partial charge is 0.416 e. The van der Waals surface area contributed by atoms with Gasteiger partial charge in [0.1, 0.15) is 16.4 Å². The Hall–Kier alpha value is -2.60. The summed E-state index contributed by atoms with van der Waals surface area (Å²) in [7, 11) is -4.20. The van der Waals surface area contributed by atoms with Crippen LogP contribution < -0.4 is 15.2 Å². The van der Waals surface area contributed by atoms with Crippen LogP contribution >= 0.6 is 27.5 Å². The average molecular weight is 564 g/mol. The molecule has 0 unspecified atom stereocenters. The molecular formula is C21H15BrClF3N2O4S. The SMILES string of the molecule is NS(=O)(=O)c1cc(NC(=O)Cc2ccc(C(F)(F)F)cc2)cc(Oc2cccc(Cl)c2)c1Br. The molecule has 0 atom stereocenters. The van der Waals surface area contributed by atoms with Gasteiger partial charge in [-0.3, -0.25) is 4.79 Å². The summed E-state index contributed by atoms with van der Waals surface area (Å²) in [5, 5.41) is 8.17. The fraction of sp³-hybridized carbons (Fsp3) is 0.0952. The molecule has 3 N–H and O–H groups in total. The highest BCUT2D eigenvalue weighted by atomic mass is 79.9. The second kappa shape index (κ2) is 9.72. The second-order valence-electron chi connectivity index (χ2n) is 6.81. The third kappa shape index (κ3) is 6.70. The van der Waals surface area contributed by atoms with Crippen LogP contribution in [-0.4, -0.2) is 14.3 Å². The van der Waals surface area contributed by atoms with E-state index in [4.69, 9.17) is 21.5 Å². The van der Waals surface area contributed by atoms with E-state index in [1.54, 1.807) is 18.2 Å². The summed E-state index contributed by atoms with van der Waals surface area (Å²) in [6.07, 6.45) is -4.73. The Bertz CT molecular complexity index is 1300. The largest absolute Gasteiger partial charge is 0.456 e. The standard InChI is InChI=1S/C21H15BrClF3N2O4S/c22-20-17(32-16-3-1-2-14(23)9-16)10-15(11-18(20)33(27,30)31)28-19(29)8-12-4-6-13(7-5-12)21(24,25)26/h1-7,9-11H,8H2,(H,28,29)(H2,27,30,31). The molecular weight excluding hydrogens is 549 g/mol. The molecule has 0 bridgehead atoms. The Morgan fingerprint density at radius 1 is 1.09 bits per heavy atom. The summed E-state index contributed by atoms with van der Waals surface area (Å²) in [4.78, 5) is 12.1. The monoisotopic (exact) mass is 562 g/mol. The first kappa shape index (κ1) is 25.0. The molecule has 3 aromatic carbocycles. The van der Waals surface area contributed by atoms with Gasteiger partial charge < -0.3 is 10.1 Å². The normalized spacial score (nSPS) is 11.8. The number of nitrogens with one attached hydrogen (secondary N) is 1. The predicted octanol–water partition coefficient (Wildman–Crippen LogP) is 5.74. The van der Waals surface area contributed by atoms with Crippen molar-refractivity contribution >= 4 is 49.1 Å². The maximum absolute atomic E-state index is 12.7. The van der Waals surface area contributed by atoms with Crippen molar-refractivity contribution < 1.29 is 31.1 Å². The van der Waals surface area contributed by atoms with Crippen molar-refractivity contribution in [3.63, 3.8) is 0 Å². The topological polar surface area (TPSA) is 98.5 Å². The fourth-order valence-electron chi connectivity index (χ4n) is 2.79. The van der Waals surface area contributed by atoms with Crippen LogP contribution in [0.2, 0.25) is 5.02 Å². The highest BCUT2D eigenvalue weighted by molar-refractivity contribution is 9.10. The third-order valence-electron chi connectivity index (χ3n) is 4.27. The molecule has 0 spiro atoms. The van der Waals surface area contributed by atoms with Crippen LogP contribution in [0.15, 0.2) is 70.0 Å². The Balaban J connectivity index is 1.86. The van der Waals surface area contributed by atoms with Gasteiger partial charge in [0, 0.05) is 16.8 Å². The van der Waals surface area contributed by atoms with Gasteiger partial charge in [0.05, 0.1) is 16.5 Å². The molecule has 0 aliphatic rings. The second-order valence-corrected chi connectivity index (χ2v) is 9.57. The number of benzene rings is 3. The lowest BCUT2D eigenvalue weighted by atomic mass is 10.1. The molecule has 3 rings (SSSR count). The van der Waals surface area contributed by atoms with Crippen molar-refractivity contribution in [2.24, 2.45) is 5.14 Å². The van der Waals surface area contributed by atoms with Crippen molar-refractivity contribution in [1.82, 2.24) is 0 Å². The Morgan fingerprint density at radius 2 is 1.76 bits per heavy atom. The van der Waals surface area contributed by atoms with E-state index >= 15 is 0 Å². The number of amides is 1. The quantitative estimate of drug-likeness (QED) is 0.399. The number of ether oxygens (including phenoxy) is 1. The highest BCUT2D eigenvalue weighted by Gasteiger charge is 2.30. The lowest BCUT2D eigenvalue weighted by Gasteiger charge is -2.14. The summed E-state index contributed by atoms with van der Waals surface area (Å²) in [5.41, 5.74) is -0.448. The van der Waals surface area contributed by atoms with Gasteiger partial charge in [-0.05, 0) is 57.9 Å². The number of hydrogen-bond acceptors (Lipinski definition) is 4. The molecule has 0 fully saturated rings. The van der Waals surface area contributed by atoms with Gasteiger partial charge in [0.15, 0.2) is 0 Å². The zero-order valence-electron chi connectivity index (χ0n) is 16.5. The lowest BCUT2D eigenvalue weighted by Crippen LogP contribution is -2.17.